The van der Waals surface area contributed by atoms with E-state index in [-0.39, 0.29) is 25.7 Å². The summed E-state index contributed by atoms with van der Waals surface area (Å²) in [6.45, 7) is -1.30. The van der Waals surface area contributed by atoms with Crippen LogP contribution in [-0.2, 0) is 78.6 Å². The molecule has 0 aromatic rings. The van der Waals surface area contributed by atoms with Gasteiger partial charge < -0.3 is 5.73 Å². The first-order valence-electron chi connectivity index (χ1n) is 8.15. The summed E-state index contributed by atoms with van der Waals surface area (Å²) in [6.07, 6.45) is 0.0381. The summed E-state index contributed by atoms with van der Waals surface area (Å²) in [4.78, 5) is 24.7. The summed E-state index contributed by atoms with van der Waals surface area (Å²) in [5.74, 6) is 0. The molecule has 0 radical (unpaired) electrons. The molecule has 6 atom stereocenters. The van der Waals surface area contributed by atoms with Gasteiger partial charge in [-0.15, -0.1) is 62.6 Å². The average molecular weight is 705 g/mol. The van der Waals surface area contributed by atoms with E-state index in [1.54, 1.807) is 0 Å². The van der Waals surface area contributed by atoms with Gasteiger partial charge in [-0.3, -0.25) is 23.6 Å². The van der Waals surface area contributed by atoms with Crippen molar-refractivity contribution in [2.75, 3.05) is 13.2 Å². The van der Waals surface area contributed by atoms with Crippen LogP contribution in [0.2, 0.25) is 0 Å². The Balaban J connectivity index is 0. The Morgan fingerprint density at radius 3 is 1.13 bits per heavy atom. The molecule has 0 saturated carbocycles. The van der Waals surface area contributed by atoms with E-state index >= 15 is 0 Å². The first kappa shape index (κ1) is 40.1. The van der Waals surface area contributed by atoms with Crippen molar-refractivity contribution in [2.45, 2.75) is 19.3 Å². The minimum Gasteiger partial charge on any atom is -0.372 e. The maximum atomic E-state index is 13.4. The van der Waals surface area contributed by atoms with Crippen molar-refractivity contribution < 1.29 is 114 Å². The first-order chi connectivity index (χ1) is 16.9. The van der Waals surface area contributed by atoms with Gasteiger partial charge in [-0.2, -0.15) is 0 Å². The molecule has 0 rings (SSSR count). The van der Waals surface area contributed by atoms with E-state index in [4.69, 9.17) is 14.6 Å². The van der Waals surface area contributed by atoms with E-state index in [0.717, 1.165) is 0 Å². The Labute approximate surface area is 206 Å². The molecule has 38 heavy (non-hydrogen) atoms. The van der Waals surface area contributed by atoms with Gasteiger partial charge in [0.25, 0.3) is 0 Å². The van der Waals surface area contributed by atoms with Crippen molar-refractivity contribution >= 4 is 53.8 Å². The Morgan fingerprint density at radius 2 is 0.816 bits per heavy atom. The molecule has 230 valence electrons. The van der Waals surface area contributed by atoms with Gasteiger partial charge in [0.15, 0.2) is 0 Å². The molecule has 0 spiro atoms. The van der Waals surface area contributed by atoms with E-state index < -0.39 is 60.7 Å². The van der Waals surface area contributed by atoms with Gasteiger partial charge >= 0.3 is 47.4 Å². The van der Waals surface area contributed by atoms with Crippen molar-refractivity contribution in [3.63, 3.8) is 0 Å². The molecule has 0 aliphatic rings. The highest BCUT2D eigenvalue weighted by atomic mass is 31.2. The predicted molar refractivity (Wildman–Crippen MR) is 101 cm³/mol. The average Bonchev–Trinajstić information content (AvgIpc) is 2.73. The lowest BCUT2D eigenvalue weighted by atomic mass is 10.2. The van der Waals surface area contributed by atoms with Crippen molar-refractivity contribution in [3.8, 4) is 0 Å². The van der Waals surface area contributed by atoms with Crippen LogP contribution >= 0.6 is 47.4 Å². The topological polar surface area (TPSA) is 278 Å². The molecule has 0 aromatic carbocycles. The van der Waals surface area contributed by atoms with E-state index in [2.05, 4.69) is 52.2 Å². The highest BCUT2D eigenvalue weighted by Gasteiger charge is 2.43. The first-order valence-corrected chi connectivity index (χ1v) is 16.8. The van der Waals surface area contributed by atoms with Crippen molar-refractivity contribution in [3.05, 3.63) is 0 Å². The number of hydrogen-bond donors (Lipinski definition) is 3. The van der Waals surface area contributed by atoms with E-state index in [1.807, 2.05) is 0 Å². The second-order valence-electron chi connectivity index (χ2n) is 5.08. The smallest absolute Gasteiger partial charge is 0.372 e. The van der Waals surface area contributed by atoms with Crippen LogP contribution in [0.25, 0.3) is 0 Å². The maximum Gasteiger partial charge on any atom is 0.569 e. The number of hydrogen-bond acceptors (Lipinski definition) is 17. The predicted octanol–water partition coefficient (Wildman–Crippen LogP) is 5.53. The van der Waals surface area contributed by atoms with Crippen LogP contribution in [-0.4, -0.2) is 29.4 Å². The molecule has 0 heterocycles. The van der Waals surface area contributed by atoms with Crippen LogP contribution in [0.3, 0.4) is 0 Å². The molecule has 0 fully saturated rings. The third-order valence-corrected chi connectivity index (χ3v) is 5.62. The monoisotopic (exact) mass is 705 g/mol. The molecular formula is C6H15F6NO19P6. The normalized spacial score (nSPS) is 21.2. The molecule has 0 aliphatic carbocycles. The third kappa shape index (κ3) is 27.5. The van der Waals surface area contributed by atoms with E-state index in [1.165, 1.54) is 0 Å². The molecule has 0 bridgehead atoms. The quantitative estimate of drug-likeness (QED) is 0.0350. The van der Waals surface area contributed by atoms with E-state index in [9.17, 15) is 52.6 Å². The summed E-state index contributed by atoms with van der Waals surface area (Å²) < 4.78 is 171. The number of carbonyl (C=O) groups is 1. The van der Waals surface area contributed by atoms with Crippen LogP contribution < -0.4 is 5.73 Å². The zero-order chi connectivity index (χ0) is 30.3. The minimum absolute atomic E-state index is 0.0172. The lowest BCUT2D eigenvalue weighted by molar-refractivity contribution is -0.230. The Bertz CT molecular complexity index is 1000. The third-order valence-electron chi connectivity index (χ3n) is 2.13. The molecule has 6 unspecified atom stereocenters. The lowest BCUT2D eigenvalue weighted by Gasteiger charge is -2.12. The number of primary amides is 1. The van der Waals surface area contributed by atoms with Crippen molar-refractivity contribution in [1.82, 2.24) is 0 Å². The standard InChI is InChI=1S/C5H12F6O18P6.CH3NO/c6-30(12,13)20-4-2-1-3-5-21-32(8,16)24-25-34(10,18)28-29-35(11,19)27-26-33(9,17)23-22-31(7,14)15;2-1-3/h1-5H2,(H,12,13)(H,14,15);1H,(H2,2,3). The fourth-order valence-corrected chi connectivity index (χ4v) is 4.49. The van der Waals surface area contributed by atoms with Crippen LogP contribution in [0.15, 0.2) is 0 Å². The SMILES string of the molecule is NC=O.O=P(O)(F)OCCCCCOP(=O)(F)OOP(=O)(F)OOP(=O)(F)OOP(=O)(F)OOP(=O)(O)F. The zero-order valence-electron chi connectivity index (χ0n) is 17.5. The summed E-state index contributed by atoms with van der Waals surface area (Å²) in [5.41, 5.74) is 4.17. The van der Waals surface area contributed by atoms with Crippen molar-refractivity contribution in [1.29, 1.82) is 0 Å². The fraction of sp³-hybridized carbons (Fsp3) is 0.833. The fourth-order valence-electron chi connectivity index (χ4n) is 1.11. The minimum atomic E-state index is -6.58. The number of nitrogens with two attached hydrogens (primary N) is 1. The maximum absolute atomic E-state index is 13.4. The van der Waals surface area contributed by atoms with Crippen LogP contribution in [0.5, 0.6) is 0 Å². The Morgan fingerprint density at radius 1 is 0.526 bits per heavy atom. The second kappa shape index (κ2) is 17.7. The Kier molecular flexibility index (Phi) is 18.7. The Hall–Kier alpha value is -0.0500. The van der Waals surface area contributed by atoms with Crippen molar-refractivity contribution in [2.24, 2.45) is 5.73 Å². The summed E-state index contributed by atoms with van der Waals surface area (Å²) >= 11 is 0. The summed E-state index contributed by atoms with van der Waals surface area (Å²) in [7, 11) is -36.7. The second-order valence-corrected chi connectivity index (χ2v) is 12.0. The number of carbonyl (C=O) groups excluding carboxylic acids is 1. The van der Waals surface area contributed by atoms with Gasteiger partial charge in [0, 0.05) is 0 Å². The number of rotatable bonds is 20. The molecular weight excluding hydrogens is 690 g/mol. The summed E-state index contributed by atoms with van der Waals surface area (Å²) in [5, 5.41) is 0. The molecule has 0 saturated heterocycles. The lowest BCUT2D eigenvalue weighted by Crippen LogP contribution is -1.98. The molecule has 20 nitrogen and oxygen atoms in total. The molecule has 0 aromatic heterocycles. The summed E-state index contributed by atoms with van der Waals surface area (Å²) in [6, 6.07) is 0. The highest BCUT2D eigenvalue weighted by molar-refractivity contribution is 7.52. The molecule has 0 aliphatic heterocycles. The molecule has 4 N–H and O–H groups in total. The highest BCUT2D eigenvalue weighted by Crippen LogP contribution is 2.65. The van der Waals surface area contributed by atoms with Gasteiger partial charge in [-0.1, -0.05) is 0 Å². The van der Waals surface area contributed by atoms with Gasteiger partial charge in [-0.05, 0) is 19.3 Å². The van der Waals surface area contributed by atoms with Crippen LogP contribution in [0, 0.1) is 0 Å². The van der Waals surface area contributed by atoms with Gasteiger partial charge in [0.1, 0.15) is 0 Å². The molecule has 1 amide bonds. The number of amides is 1. The van der Waals surface area contributed by atoms with Crippen LogP contribution in [0.1, 0.15) is 19.3 Å². The van der Waals surface area contributed by atoms with E-state index in [0.29, 0.717) is 0 Å². The number of unbranched alkanes of at least 4 members (excludes halogenated alkanes) is 2. The largest absolute Gasteiger partial charge is 0.569 e. The van der Waals surface area contributed by atoms with Gasteiger partial charge in [0.05, 0.1) is 13.2 Å². The van der Waals surface area contributed by atoms with Gasteiger partial charge in [0.2, 0.25) is 6.41 Å². The van der Waals surface area contributed by atoms with Crippen LogP contribution in [0.4, 0.5) is 25.2 Å². The van der Waals surface area contributed by atoms with Gasteiger partial charge in [-0.25, -0.2) is 27.4 Å². The zero-order valence-corrected chi connectivity index (χ0v) is 22.8. The number of halogens is 6. The molecule has 32 heteroatoms.